The number of hydrogen-bond donors (Lipinski definition) is 2. The Hall–Kier alpha value is -1.88. The van der Waals surface area contributed by atoms with Crippen LogP contribution in [0.1, 0.15) is 36.7 Å². The minimum Gasteiger partial charge on any atom is -0.448 e. The van der Waals surface area contributed by atoms with Crippen LogP contribution >= 0.6 is 0 Å². The monoisotopic (exact) mass is 291 g/mol. The number of nitrogens with one attached hydrogen (secondary N) is 1. The summed E-state index contributed by atoms with van der Waals surface area (Å²) < 4.78 is 18.9. The summed E-state index contributed by atoms with van der Waals surface area (Å²) >= 11 is 0. The van der Waals surface area contributed by atoms with Gasteiger partial charge in [-0.1, -0.05) is 25.5 Å². The standard InChI is InChI=1S/C16H18FNO3/c1-16(9-19)7-3-6-13(16)18-15(20)12-8-10-4-2-5-11(17)14(10)21-12/h2,4-5,8,13,19H,3,6-7,9H2,1H3,(H,18,20). The van der Waals surface area contributed by atoms with Gasteiger partial charge in [0.1, 0.15) is 0 Å². The Balaban J connectivity index is 1.83. The van der Waals surface area contributed by atoms with Gasteiger partial charge in [0, 0.05) is 16.8 Å². The molecular formula is C16H18FNO3. The summed E-state index contributed by atoms with van der Waals surface area (Å²) in [5.74, 6) is -0.743. The summed E-state index contributed by atoms with van der Waals surface area (Å²) in [6.45, 7) is 2.00. The first-order valence-corrected chi connectivity index (χ1v) is 7.13. The molecule has 1 saturated carbocycles. The van der Waals surface area contributed by atoms with E-state index in [4.69, 9.17) is 4.42 Å². The van der Waals surface area contributed by atoms with E-state index in [1.54, 1.807) is 18.2 Å². The average Bonchev–Trinajstić information content (AvgIpc) is 3.05. The van der Waals surface area contributed by atoms with Crippen LogP contribution in [0.2, 0.25) is 0 Å². The third-order valence-corrected chi connectivity index (χ3v) is 4.47. The first-order valence-electron chi connectivity index (χ1n) is 7.13. The van der Waals surface area contributed by atoms with Gasteiger partial charge >= 0.3 is 0 Å². The van der Waals surface area contributed by atoms with Gasteiger partial charge in [0.2, 0.25) is 0 Å². The Kier molecular flexibility index (Phi) is 3.45. The number of furan rings is 1. The second-order valence-corrected chi connectivity index (χ2v) is 6.00. The molecule has 2 aromatic rings. The van der Waals surface area contributed by atoms with E-state index >= 15 is 0 Å². The molecule has 2 N–H and O–H groups in total. The Bertz CT molecular complexity index is 681. The van der Waals surface area contributed by atoms with Gasteiger partial charge < -0.3 is 14.8 Å². The fourth-order valence-corrected chi connectivity index (χ4v) is 3.04. The number of para-hydroxylation sites is 1. The first-order chi connectivity index (χ1) is 10.0. The summed E-state index contributed by atoms with van der Waals surface area (Å²) in [6, 6.07) is 6.03. The number of hydrogen-bond acceptors (Lipinski definition) is 3. The Morgan fingerprint density at radius 3 is 3.10 bits per heavy atom. The number of fused-ring (bicyclic) bond motifs is 1. The SMILES string of the molecule is CC1(CO)CCCC1NC(=O)c1cc2cccc(F)c2o1. The highest BCUT2D eigenvalue weighted by Gasteiger charge is 2.39. The van der Waals surface area contributed by atoms with Crippen molar-refractivity contribution in [1.29, 1.82) is 0 Å². The summed E-state index contributed by atoms with van der Waals surface area (Å²) in [6.07, 6.45) is 2.68. The highest BCUT2D eigenvalue weighted by atomic mass is 19.1. The second-order valence-electron chi connectivity index (χ2n) is 6.00. The minimum absolute atomic E-state index is 0.0344. The molecule has 0 aliphatic heterocycles. The lowest BCUT2D eigenvalue weighted by Crippen LogP contribution is -2.44. The molecule has 112 valence electrons. The molecule has 1 heterocycles. The quantitative estimate of drug-likeness (QED) is 0.914. The molecular weight excluding hydrogens is 273 g/mol. The van der Waals surface area contributed by atoms with Crippen LogP contribution in [0.15, 0.2) is 28.7 Å². The van der Waals surface area contributed by atoms with Crippen molar-refractivity contribution in [3.63, 3.8) is 0 Å². The van der Waals surface area contributed by atoms with Gasteiger partial charge in [0.05, 0.1) is 6.61 Å². The van der Waals surface area contributed by atoms with E-state index in [-0.39, 0.29) is 35.3 Å². The Morgan fingerprint density at radius 1 is 1.57 bits per heavy atom. The van der Waals surface area contributed by atoms with E-state index in [2.05, 4.69) is 5.32 Å². The minimum atomic E-state index is -0.479. The summed E-state index contributed by atoms with van der Waals surface area (Å²) in [5.41, 5.74) is -0.202. The Labute approximate surface area is 121 Å². The number of aliphatic hydroxyl groups excluding tert-OH is 1. The number of halogens is 1. The highest BCUT2D eigenvalue weighted by molar-refractivity contribution is 5.96. The molecule has 0 bridgehead atoms. The maximum absolute atomic E-state index is 13.6. The zero-order valence-corrected chi connectivity index (χ0v) is 11.9. The van der Waals surface area contributed by atoms with Crippen molar-refractivity contribution < 1.29 is 18.7 Å². The van der Waals surface area contributed by atoms with Crippen molar-refractivity contribution in [3.05, 3.63) is 35.8 Å². The van der Waals surface area contributed by atoms with E-state index < -0.39 is 5.82 Å². The second kappa shape index (κ2) is 5.15. The molecule has 1 fully saturated rings. The van der Waals surface area contributed by atoms with Gasteiger partial charge in [0.15, 0.2) is 17.2 Å². The number of amides is 1. The first kappa shape index (κ1) is 14.1. The van der Waals surface area contributed by atoms with Gasteiger partial charge in [-0.05, 0) is 25.0 Å². The third-order valence-electron chi connectivity index (χ3n) is 4.47. The molecule has 3 rings (SSSR count). The van der Waals surface area contributed by atoms with Crippen LogP contribution in [0, 0.1) is 11.2 Å². The third kappa shape index (κ3) is 2.42. The molecule has 0 spiro atoms. The zero-order valence-electron chi connectivity index (χ0n) is 11.9. The predicted octanol–water partition coefficient (Wildman–Crippen LogP) is 2.85. The van der Waals surface area contributed by atoms with Gasteiger partial charge in [-0.2, -0.15) is 0 Å². The predicted molar refractivity (Wildman–Crippen MR) is 76.5 cm³/mol. The molecule has 2 atom stereocenters. The number of aliphatic hydroxyl groups is 1. The molecule has 1 aliphatic rings. The molecule has 0 radical (unpaired) electrons. The van der Waals surface area contributed by atoms with Crippen molar-refractivity contribution in [3.8, 4) is 0 Å². The Morgan fingerprint density at radius 2 is 2.38 bits per heavy atom. The van der Waals surface area contributed by atoms with E-state index in [0.717, 1.165) is 19.3 Å². The molecule has 4 nitrogen and oxygen atoms in total. The lowest BCUT2D eigenvalue weighted by molar-refractivity contribution is 0.0807. The van der Waals surface area contributed by atoms with E-state index in [1.807, 2.05) is 6.92 Å². The average molecular weight is 291 g/mol. The molecule has 21 heavy (non-hydrogen) atoms. The maximum Gasteiger partial charge on any atom is 0.287 e. The number of rotatable bonds is 3. The number of benzene rings is 1. The number of carbonyl (C=O) groups excluding carboxylic acids is 1. The summed E-state index contributed by atoms with van der Waals surface area (Å²) in [5, 5.41) is 13.0. The van der Waals surface area contributed by atoms with Crippen molar-refractivity contribution in [2.75, 3.05) is 6.61 Å². The molecule has 2 unspecified atom stereocenters. The lowest BCUT2D eigenvalue weighted by atomic mass is 9.86. The van der Waals surface area contributed by atoms with E-state index in [0.29, 0.717) is 5.39 Å². The van der Waals surface area contributed by atoms with Crippen LogP contribution in [0.5, 0.6) is 0 Å². The summed E-state index contributed by atoms with van der Waals surface area (Å²) in [7, 11) is 0. The zero-order chi connectivity index (χ0) is 15.0. The molecule has 1 aliphatic carbocycles. The normalized spacial score (nSPS) is 25.4. The van der Waals surface area contributed by atoms with Crippen molar-refractivity contribution in [1.82, 2.24) is 5.32 Å². The molecule has 5 heteroatoms. The highest BCUT2D eigenvalue weighted by Crippen LogP contribution is 2.37. The van der Waals surface area contributed by atoms with Gasteiger partial charge in [-0.15, -0.1) is 0 Å². The molecule has 1 aromatic carbocycles. The fraction of sp³-hybridized carbons (Fsp3) is 0.438. The van der Waals surface area contributed by atoms with Crippen LogP contribution < -0.4 is 5.32 Å². The van der Waals surface area contributed by atoms with Crippen LogP contribution in [-0.2, 0) is 0 Å². The van der Waals surface area contributed by atoms with E-state index in [1.165, 1.54) is 6.07 Å². The maximum atomic E-state index is 13.6. The molecule has 1 amide bonds. The van der Waals surface area contributed by atoms with Crippen LogP contribution in [0.25, 0.3) is 11.0 Å². The smallest absolute Gasteiger partial charge is 0.287 e. The van der Waals surface area contributed by atoms with Crippen molar-refractivity contribution in [2.24, 2.45) is 5.41 Å². The topological polar surface area (TPSA) is 62.5 Å². The van der Waals surface area contributed by atoms with Gasteiger partial charge in [0.25, 0.3) is 5.91 Å². The molecule has 0 saturated heterocycles. The van der Waals surface area contributed by atoms with Crippen molar-refractivity contribution in [2.45, 2.75) is 32.2 Å². The largest absolute Gasteiger partial charge is 0.448 e. The lowest BCUT2D eigenvalue weighted by Gasteiger charge is -2.29. The fourth-order valence-electron chi connectivity index (χ4n) is 3.04. The van der Waals surface area contributed by atoms with Gasteiger partial charge in [-0.25, -0.2) is 4.39 Å². The number of carbonyl (C=O) groups is 1. The van der Waals surface area contributed by atoms with Crippen LogP contribution in [0.3, 0.4) is 0 Å². The van der Waals surface area contributed by atoms with Crippen LogP contribution in [-0.4, -0.2) is 23.7 Å². The van der Waals surface area contributed by atoms with Crippen LogP contribution in [0.4, 0.5) is 4.39 Å². The summed E-state index contributed by atoms with van der Waals surface area (Å²) in [4.78, 5) is 12.3. The van der Waals surface area contributed by atoms with E-state index in [9.17, 15) is 14.3 Å². The molecule has 1 aromatic heterocycles. The van der Waals surface area contributed by atoms with Gasteiger partial charge in [-0.3, -0.25) is 4.79 Å². The van der Waals surface area contributed by atoms with Crippen molar-refractivity contribution >= 4 is 16.9 Å².